The van der Waals surface area contributed by atoms with Gasteiger partial charge in [-0.15, -0.1) is 0 Å². The molecule has 0 bridgehead atoms. The third kappa shape index (κ3) is 5.40. The zero-order valence-corrected chi connectivity index (χ0v) is 22.7. The number of carbonyl (C=O) groups excluding carboxylic acids is 2. The van der Waals surface area contributed by atoms with Gasteiger partial charge in [-0.3, -0.25) is 0 Å². The van der Waals surface area contributed by atoms with Crippen LogP contribution in [0.2, 0.25) is 0 Å². The number of hydrogen-bond donors (Lipinski definition) is 0. The number of hydrogen-bond acceptors (Lipinski definition) is 5. The van der Waals surface area contributed by atoms with Crippen molar-refractivity contribution in [2.75, 3.05) is 26.3 Å². The molecule has 0 radical (unpaired) electrons. The maximum absolute atomic E-state index is 13.2. The van der Waals surface area contributed by atoms with Crippen molar-refractivity contribution in [1.29, 1.82) is 0 Å². The minimum Gasteiger partial charge on any atom is -0.459 e. The molecular weight excluding hydrogens is 478 g/mol. The van der Waals surface area contributed by atoms with Crippen LogP contribution in [0, 0.1) is 13.8 Å². The molecule has 0 N–H and O–H groups in total. The van der Waals surface area contributed by atoms with Crippen LogP contribution in [0.25, 0.3) is 33.4 Å². The van der Waals surface area contributed by atoms with Gasteiger partial charge in [-0.05, 0) is 69.5 Å². The molecule has 2 aromatic rings. The molecular formula is C32H34NO5+. The number of esters is 2. The van der Waals surface area contributed by atoms with Crippen molar-refractivity contribution >= 4 is 22.9 Å². The van der Waals surface area contributed by atoms with Crippen LogP contribution in [-0.2, 0) is 14.3 Å². The molecule has 0 aromatic heterocycles. The highest BCUT2D eigenvalue weighted by molar-refractivity contribution is 6.08. The van der Waals surface area contributed by atoms with Crippen LogP contribution in [0.5, 0.6) is 0 Å². The summed E-state index contributed by atoms with van der Waals surface area (Å²) in [7, 11) is 0. The van der Waals surface area contributed by atoms with Gasteiger partial charge in [0, 0.05) is 28.2 Å². The average Bonchev–Trinajstić information content (AvgIpc) is 2.90. The molecule has 1 aliphatic heterocycles. The number of ether oxygens (including phenoxy) is 2. The number of benzene rings is 3. The maximum Gasteiger partial charge on any atom is 0.338 e. The van der Waals surface area contributed by atoms with Gasteiger partial charge in [0.2, 0.25) is 5.36 Å². The largest absolute Gasteiger partial charge is 0.459 e. The highest BCUT2D eigenvalue weighted by Gasteiger charge is 2.24. The molecule has 2 aliphatic rings. The van der Waals surface area contributed by atoms with E-state index in [1.165, 1.54) is 0 Å². The smallest absolute Gasteiger partial charge is 0.338 e. The molecule has 2 aromatic carbocycles. The number of carbonyl (C=O) groups is 2. The Balaban J connectivity index is 1.87. The Morgan fingerprint density at radius 1 is 0.921 bits per heavy atom. The van der Waals surface area contributed by atoms with E-state index >= 15 is 0 Å². The predicted octanol–water partition coefficient (Wildman–Crippen LogP) is 5.91. The number of rotatable bonds is 8. The molecule has 0 atom stereocenters. The van der Waals surface area contributed by atoms with Gasteiger partial charge in [0.15, 0.2) is 0 Å². The van der Waals surface area contributed by atoms with Crippen molar-refractivity contribution in [2.45, 2.75) is 34.6 Å². The van der Waals surface area contributed by atoms with Crippen LogP contribution >= 0.6 is 0 Å². The van der Waals surface area contributed by atoms with Gasteiger partial charge in [0.1, 0.15) is 37.6 Å². The number of fused-ring (bicyclic) bond motifs is 2. The summed E-state index contributed by atoms with van der Waals surface area (Å²) in [5, 5.41) is 2.03. The fourth-order valence-corrected chi connectivity index (χ4v) is 4.80. The summed E-state index contributed by atoms with van der Waals surface area (Å²) < 4.78 is 19.3. The van der Waals surface area contributed by atoms with E-state index in [2.05, 4.69) is 56.2 Å². The van der Waals surface area contributed by atoms with Gasteiger partial charge in [0.05, 0.1) is 11.6 Å². The second-order valence-electron chi connectivity index (χ2n) is 9.38. The third-order valence-electron chi connectivity index (χ3n) is 6.59. The number of nitrogens with zero attached hydrogens (tertiary/aromatic N) is 1. The van der Waals surface area contributed by atoms with E-state index in [-0.39, 0.29) is 13.2 Å². The highest BCUT2D eigenvalue weighted by atomic mass is 16.6. The molecule has 1 aliphatic carbocycles. The van der Waals surface area contributed by atoms with Crippen molar-refractivity contribution in [3.05, 3.63) is 88.8 Å². The Labute approximate surface area is 223 Å². The van der Waals surface area contributed by atoms with E-state index in [9.17, 15) is 9.59 Å². The normalized spacial score (nSPS) is 11.0. The SMILES string of the molecule is C=C(C)C(=O)OCCOC(=O)c1ccccc1-c1c2ccc(=[N+](CC)CC)cc-2oc2cc(C)cc(C)c12. The summed E-state index contributed by atoms with van der Waals surface area (Å²) in [5.41, 5.74) is 6.23. The van der Waals surface area contributed by atoms with E-state index in [4.69, 9.17) is 13.9 Å². The van der Waals surface area contributed by atoms with Crippen molar-refractivity contribution in [3.63, 3.8) is 0 Å². The summed E-state index contributed by atoms with van der Waals surface area (Å²) in [6.07, 6.45) is 0. The molecule has 0 spiro atoms. The lowest BCUT2D eigenvalue weighted by atomic mass is 9.89. The molecule has 1 heterocycles. The molecule has 38 heavy (non-hydrogen) atoms. The molecule has 0 amide bonds. The minimum absolute atomic E-state index is 0.0395. The highest BCUT2D eigenvalue weighted by Crippen LogP contribution is 2.42. The van der Waals surface area contributed by atoms with Gasteiger partial charge < -0.3 is 13.9 Å². The van der Waals surface area contributed by atoms with Gasteiger partial charge in [-0.1, -0.05) is 30.8 Å². The van der Waals surface area contributed by atoms with E-state index in [1.54, 1.807) is 13.0 Å². The van der Waals surface area contributed by atoms with E-state index in [0.29, 0.717) is 11.1 Å². The second kappa shape index (κ2) is 11.5. The summed E-state index contributed by atoms with van der Waals surface area (Å²) in [6.45, 7) is 15.2. The maximum atomic E-state index is 13.2. The predicted molar refractivity (Wildman–Crippen MR) is 150 cm³/mol. The summed E-state index contributed by atoms with van der Waals surface area (Å²) in [4.78, 5) is 24.9. The molecule has 0 saturated heterocycles. The summed E-state index contributed by atoms with van der Waals surface area (Å²) in [6, 6.07) is 17.8. The van der Waals surface area contributed by atoms with E-state index in [1.807, 2.05) is 31.2 Å². The molecule has 0 fully saturated rings. The fourth-order valence-electron chi connectivity index (χ4n) is 4.80. The van der Waals surface area contributed by atoms with E-state index in [0.717, 1.165) is 63.0 Å². The van der Waals surface area contributed by atoms with Gasteiger partial charge >= 0.3 is 11.9 Å². The summed E-state index contributed by atoms with van der Waals surface area (Å²) in [5.74, 6) is -0.252. The van der Waals surface area contributed by atoms with Crippen LogP contribution in [0.4, 0.5) is 0 Å². The summed E-state index contributed by atoms with van der Waals surface area (Å²) >= 11 is 0. The van der Waals surface area contributed by atoms with E-state index < -0.39 is 11.9 Å². The van der Waals surface area contributed by atoms with Crippen molar-refractivity contribution in [3.8, 4) is 22.5 Å². The molecule has 0 saturated carbocycles. The average molecular weight is 513 g/mol. The Bertz CT molecular complexity index is 1570. The van der Waals surface area contributed by atoms with Crippen LogP contribution in [0.15, 0.2) is 71.2 Å². The lowest BCUT2D eigenvalue weighted by Crippen LogP contribution is -2.29. The quantitative estimate of drug-likeness (QED) is 0.0965. The lowest BCUT2D eigenvalue weighted by molar-refractivity contribution is -0.140. The Hall–Kier alpha value is -4.19. The first-order valence-electron chi connectivity index (χ1n) is 12.9. The molecule has 196 valence electrons. The zero-order chi connectivity index (χ0) is 27.4. The van der Waals surface area contributed by atoms with Crippen molar-refractivity contribution in [2.24, 2.45) is 0 Å². The Morgan fingerprint density at radius 2 is 1.63 bits per heavy atom. The fraction of sp³-hybridized carbons (Fsp3) is 0.281. The Morgan fingerprint density at radius 3 is 2.34 bits per heavy atom. The van der Waals surface area contributed by atoms with Crippen LogP contribution < -0.4 is 9.93 Å². The molecule has 4 rings (SSSR count). The topological polar surface area (TPSA) is 68.8 Å². The molecule has 6 nitrogen and oxygen atoms in total. The van der Waals surface area contributed by atoms with Gasteiger partial charge in [-0.25, -0.2) is 14.2 Å². The van der Waals surface area contributed by atoms with Gasteiger partial charge in [-0.2, -0.15) is 0 Å². The van der Waals surface area contributed by atoms with Crippen LogP contribution in [-0.4, -0.2) is 38.2 Å². The Kier molecular flexibility index (Phi) is 8.10. The molecule has 0 unspecified atom stereocenters. The first-order valence-corrected chi connectivity index (χ1v) is 12.9. The van der Waals surface area contributed by atoms with Crippen molar-refractivity contribution in [1.82, 2.24) is 4.58 Å². The minimum atomic E-state index is -0.512. The standard InChI is InChI=1S/C32H34NO5/c1-7-33(8-2)23-13-14-26-27(19-23)38-28-18-21(5)17-22(6)29(28)30(26)24-11-9-10-12-25(24)32(35)37-16-15-36-31(34)20(3)4/h9-14,17-19H,3,7-8,15-16H2,1-2,4-6H3/q+1. The lowest BCUT2D eigenvalue weighted by Gasteiger charge is -2.19. The van der Waals surface area contributed by atoms with Crippen molar-refractivity contribution < 1.29 is 23.5 Å². The zero-order valence-electron chi connectivity index (χ0n) is 22.7. The first-order chi connectivity index (χ1) is 18.2. The van der Waals surface area contributed by atoms with Crippen LogP contribution in [0.1, 0.15) is 42.3 Å². The number of aryl methyl sites for hydroxylation is 2. The molecule has 6 heteroatoms. The first kappa shape index (κ1) is 26.9. The monoisotopic (exact) mass is 512 g/mol. The third-order valence-corrected chi connectivity index (χ3v) is 6.59. The van der Waals surface area contributed by atoms with Crippen LogP contribution in [0.3, 0.4) is 0 Å². The second-order valence-corrected chi connectivity index (χ2v) is 9.38. The van der Waals surface area contributed by atoms with Gasteiger partial charge in [0.25, 0.3) is 0 Å².